The monoisotopic (exact) mass is 304 g/mol. The van der Waals surface area contributed by atoms with Gasteiger partial charge in [0.25, 0.3) is 5.78 Å². The number of carbonyl (C=O) groups excluding carboxylic acids is 2. The minimum absolute atomic E-state index is 0.217. The zero-order valence-electron chi connectivity index (χ0n) is 11.4. The minimum atomic E-state index is -4.99. The zero-order chi connectivity index (χ0) is 15.6. The zero-order valence-corrected chi connectivity index (χ0v) is 11.4. The van der Waals surface area contributed by atoms with Gasteiger partial charge in [-0.1, -0.05) is 12.1 Å². The van der Waals surface area contributed by atoms with Gasteiger partial charge in [-0.25, -0.2) is 4.68 Å². The molecule has 0 aliphatic carbocycles. The van der Waals surface area contributed by atoms with Gasteiger partial charge in [-0.15, -0.1) is 5.10 Å². The number of alkyl halides is 3. The molecule has 6 nitrogen and oxygen atoms in total. The summed E-state index contributed by atoms with van der Waals surface area (Å²) in [5.74, 6) is -1.90. The maximum atomic E-state index is 12.2. The van der Waals surface area contributed by atoms with E-state index in [1.807, 2.05) is 6.92 Å². The SMILES string of the molecule is CC1CCCN(C(=O)Cn2cc(C(=O)C(F)(F)F)nn2)C1. The first-order valence-electron chi connectivity index (χ1n) is 6.57. The number of nitrogens with zero attached hydrogens (tertiary/aromatic N) is 4. The van der Waals surface area contributed by atoms with Crippen molar-refractivity contribution < 1.29 is 22.8 Å². The summed E-state index contributed by atoms with van der Waals surface area (Å²) in [4.78, 5) is 24.6. The number of rotatable bonds is 3. The maximum Gasteiger partial charge on any atom is 0.456 e. The lowest BCUT2D eigenvalue weighted by atomic mass is 10.0. The van der Waals surface area contributed by atoms with Crippen molar-refractivity contribution in [2.75, 3.05) is 13.1 Å². The minimum Gasteiger partial charge on any atom is -0.341 e. The number of amides is 1. The van der Waals surface area contributed by atoms with Crippen molar-refractivity contribution in [3.05, 3.63) is 11.9 Å². The second-order valence-electron chi connectivity index (χ2n) is 5.22. The second kappa shape index (κ2) is 5.82. The van der Waals surface area contributed by atoms with Crippen molar-refractivity contribution in [2.45, 2.75) is 32.5 Å². The summed E-state index contributed by atoms with van der Waals surface area (Å²) >= 11 is 0. The van der Waals surface area contributed by atoms with Crippen LogP contribution in [0.1, 0.15) is 30.3 Å². The normalized spacial score (nSPS) is 19.6. The number of halogens is 3. The molecular formula is C12H15F3N4O2. The summed E-state index contributed by atoms with van der Waals surface area (Å²) in [5, 5.41) is 6.57. The molecule has 1 aromatic heterocycles. The van der Waals surface area contributed by atoms with Gasteiger partial charge in [0.2, 0.25) is 5.91 Å². The summed E-state index contributed by atoms with van der Waals surface area (Å²) in [6, 6.07) is 0. The van der Waals surface area contributed by atoms with E-state index in [1.54, 1.807) is 4.90 Å². The van der Waals surface area contributed by atoms with E-state index in [2.05, 4.69) is 10.3 Å². The van der Waals surface area contributed by atoms with Gasteiger partial charge in [-0.3, -0.25) is 9.59 Å². The number of hydrogen-bond donors (Lipinski definition) is 0. The summed E-state index contributed by atoms with van der Waals surface area (Å²) in [7, 11) is 0. The number of ketones is 1. The fourth-order valence-corrected chi connectivity index (χ4v) is 2.28. The van der Waals surface area contributed by atoms with Gasteiger partial charge in [0.05, 0.1) is 6.20 Å². The molecule has 1 atom stereocenters. The molecule has 0 spiro atoms. The average Bonchev–Trinajstić information content (AvgIpc) is 2.85. The number of likely N-dealkylation sites (tertiary alicyclic amines) is 1. The first-order chi connectivity index (χ1) is 9.77. The molecule has 0 bridgehead atoms. The third-order valence-corrected chi connectivity index (χ3v) is 3.34. The largest absolute Gasteiger partial charge is 0.456 e. The van der Waals surface area contributed by atoms with Crippen LogP contribution < -0.4 is 0 Å². The first-order valence-corrected chi connectivity index (χ1v) is 6.57. The lowest BCUT2D eigenvalue weighted by Gasteiger charge is -2.30. The number of aromatic nitrogens is 3. The number of hydrogen-bond acceptors (Lipinski definition) is 4. The van der Waals surface area contributed by atoms with Gasteiger partial charge in [0.1, 0.15) is 6.54 Å². The Morgan fingerprint density at radius 1 is 1.43 bits per heavy atom. The molecule has 1 aliphatic heterocycles. The Bertz CT molecular complexity index is 541. The van der Waals surface area contributed by atoms with Crippen LogP contribution in [-0.4, -0.2) is 50.9 Å². The summed E-state index contributed by atoms with van der Waals surface area (Å²) in [5.41, 5.74) is -0.803. The predicted octanol–water partition coefficient (Wildman–Crippen LogP) is 1.28. The van der Waals surface area contributed by atoms with Gasteiger partial charge in [-0.2, -0.15) is 13.2 Å². The highest BCUT2D eigenvalue weighted by atomic mass is 19.4. The van der Waals surface area contributed by atoms with Crippen LogP contribution in [0.15, 0.2) is 6.20 Å². The third kappa shape index (κ3) is 3.79. The fraction of sp³-hybridized carbons (Fsp3) is 0.667. The Morgan fingerprint density at radius 3 is 2.76 bits per heavy atom. The quantitative estimate of drug-likeness (QED) is 0.789. The molecule has 1 saturated heterocycles. The van der Waals surface area contributed by atoms with Crippen LogP contribution in [-0.2, 0) is 11.3 Å². The molecule has 21 heavy (non-hydrogen) atoms. The number of piperidine rings is 1. The van der Waals surface area contributed by atoms with Crippen molar-refractivity contribution in [1.29, 1.82) is 0 Å². The average molecular weight is 304 g/mol. The van der Waals surface area contributed by atoms with E-state index in [1.165, 1.54) is 0 Å². The summed E-state index contributed by atoms with van der Waals surface area (Å²) in [6.45, 7) is 3.08. The van der Waals surface area contributed by atoms with Crippen molar-refractivity contribution in [1.82, 2.24) is 19.9 Å². The van der Waals surface area contributed by atoms with E-state index in [4.69, 9.17) is 0 Å². The molecule has 1 aromatic rings. The lowest BCUT2D eigenvalue weighted by molar-refractivity contribution is -0.133. The van der Waals surface area contributed by atoms with Crippen LogP contribution in [0.2, 0.25) is 0 Å². The highest BCUT2D eigenvalue weighted by Gasteiger charge is 2.41. The Labute approximate surface area is 118 Å². The molecule has 0 N–H and O–H groups in total. The second-order valence-corrected chi connectivity index (χ2v) is 5.22. The Kier molecular flexibility index (Phi) is 4.29. The smallest absolute Gasteiger partial charge is 0.341 e. The van der Waals surface area contributed by atoms with Crippen molar-refractivity contribution in [2.24, 2.45) is 5.92 Å². The molecule has 0 saturated carbocycles. The van der Waals surface area contributed by atoms with Crippen molar-refractivity contribution in [3.63, 3.8) is 0 Å². The molecule has 1 aliphatic rings. The van der Waals surface area contributed by atoms with Crippen LogP contribution in [0.4, 0.5) is 13.2 Å². The van der Waals surface area contributed by atoms with Gasteiger partial charge in [0, 0.05) is 13.1 Å². The molecule has 0 aromatic carbocycles. The number of Topliss-reactive ketones (excluding diaryl/α,β-unsaturated/α-hetero) is 1. The van der Waals surface area contributed by atoms with E-state index in [0.29, 0.717) is 19.0 Å². The van der Waals surface area contributed by atoms with Crippen molar-refractivity contribution >= 4 is 11.7 Å². The van der Waals surface area contributed by atoms with E-state index in [9.17, 15) is 22.8 Å². The fourth-order valence-electron chi connectivity index (χ4n) is 2.28. The van der Waals surface area contributed by atoms with Crippen molar-refractivity contribution in [3.8, 4) is 0 Å². The van der Waals surface area contributed by atoms with E-state index >= 15 is 0 Å². The van der Waals surface area contributed by atoms with Gasteiger partial charge >= 0.3 is 6.18 Å². The molecule has 0 radical (unpaired) electrons. The van der Waals surface area contributed by atoms with Gasteiger partial charge in [-0.05, 0) is 18.8 Å². The van der Waals surface area contributed by atoms with Crippen LogP contribution in [0, 0.1) is 5.92 Å². The van der Waals surface area contributed by atoms with E-state index in [0.717, 1.165) is 23.7 Å². The Hall–Kier alpha value is -1.93. The molecule has 2 rings (SSSR count). The molecule has 1 unspecified atom stereocenters. The maximum absolute atomic E-state index is 12.2. The molecule has 1 amide bonds. The molecule has 9 heteroatoms. The van der Waals surface area contributed by atoms with Crippen LogP contribution in [0.5, 0.6) is 0 Å². The molecular weight excluding hydrogens is 289 g/mol. The summed E-state index contributed by atoms with van der Waals surface area (Å²) < 4.78 is 37.7. The topological polar surface area (TPSA) is 68.1 Å². The Morgan fingerprint density at radius 2 is 2.14 bits per heavy atom. The van der Waals surface area contributed by atoms with Crippen LogP contribution in [0.25, 0.3) is 0 Å². The third-order valence-electron chi connectivity index (χ3n) is 3.34. The molecule has 2 heterocycles. The van der Waals surface area contributed by atoms with Crippen LogP contribution >= 0.6 is 0 Å². The van der Waals surface area contributed by atoms with E-state index < -0.39 is 17.7 Å². The van der Waals surface area contributed by atoms with Crippen LogP contribution in [0.3, 0.4) is 0 Å². The molecule has 116 valence electrons. The van der Waals surface area contributed by atoms with Gasteiger partial charge in [0.15, 0.2) is 5.69 Å². The highest BCUT2D eigenvalue weighted by molar-refractivity contribution is 5.98. The lowest BCUT2D eigenvalue weighted by Crippen LogP contribution is -2.40. The summed E-state index contributed by atoms with van der Waals surface area (Å²) in [6.07, 6.45) is -2.19. The Balaban J connectivity index is 1.99. The highest BCUT2D eigenvalue weighted by Crippen LogP contribution is 2.20. The predicted molar refractivity (Wildman–Crippen MR) is 65.4 cm³/mol. The standard InChI is InChI=1S/C12H15F3N4O2/c1-8-3-2-4-18(5-8)10(20)7-19-6-9(16-17-19)11(21)12(13,14)15/h6,8H,2-5,7H2,1H3. The molecule has 1 fully saturated rings. The van der Waals surface area contributed by atoms with E-state index in [-0.39, 0.29) is 12.5 Å². The first kappa shape index (κ1) is 15.5. The van der Waals surface area contributed by atoms with Gasteiger partial charge < -0.3 is 4.90 Å². The number of carbonyl (C=O) groups is 2.